The highest BCUT2D eigenvalue weighted by Crippen LogP contribution is 2.51. The molecule has 160 valence electrons. The predicted octanol–water partition coefficient (Wildman–Crippen LogP) is 4.16. The Morgan fingerprint density at radius 2 is 1.78 bits per heavy atom. The van der Waals surface area contributed by atoms with Gasteiger partial charge >= 0.3 is 0 Å². The van der Waals surface area contributed by atoms with E-state index in [9.17, 15) is 9.59 Å². The van der Waals surface area contributed by atoms with E-state index >= 15 is 0 Å². The molecule has 3 aliphatic rings. The second-order valence-electron chi connectivity index (χ2n) is 9.20. The maximum absolute atomic E-state index is 13.4. The van der Waals surface area contributed by atoms with E-state index in [2.05, 4.69) is 34.8 Å². The molecule has 32 heavy (non-hydrogen) atoms. The monoisotopic (exact) mass is 443 g/mol. The third-order valence-electron chi connectivity index (χ3n) is 6.20. The van der Waals surface area contributed by atoms with Gasteiger partial charge in [-0.15, -0.1) is 0 Å². The number of nitrogens with zero attached hydrogens (tertiary/aromatic N) is 2. The molecule has 3 heterocycles. The normalized spacial score (nSPS) is 23.5. The number of allylic oxidation sites excluding steroid dienone is 1. The molecule has 0 radical (unpaired) electrons. The van der Waals surface area contributed by atoms with Crippen molar-refractivity contribution in [2.75, 3.05) is 10.6 Å². The van der Waals surface area contributed by atoms with E-state index in [-0.39, 0.29) is 17.1 Å². The summed E-state index contributed by atoms with van der Waals surface area (Å²) < 4.78 is 1.05. The van der Waals surface area contributed by atoms with Gasteiger partial charge in [0.2, 0.25) is 5.96 Å². The number of rotatable bonds is 1. The van der Waals surface area contributed by atoms with Crippen LogP contribution in [0.5, 0.6) is 0 Å². The number of nitrogens with one attached hydrogen (secondary N) is 3. The quantitative estimate of drug-likeness (QED) is 0.525. The van der Waals surface area contributed by atoms with Crippen LogP contribution in [0.2, 0.25) is 0 Å². The van der Waals surface area contributed by atoms with Crippen LogP contribution in [0.3, 0.4) is 0 Å². The van der Waals surface area contributed by atoms with Gasteiger partial charge in [0.15, 0.2) is 16.5 Å². The smallest absolute Gasteiger partial charge is 0.262 e. The molecular formula is C24H21N5O2S. The minimum absolute atomic E-state index is 0.0432. The first-order valence-corrected chi connectivity index (χ1v) is 11.3. The lowest BCUT2D eigenvalue weighted by molar-refractivity contribution is -0.124. The Balaban J connectivity index is 1.52. The van der Waals surface area contributed by atoms with Crippen molar-refractivity contribution in [3.05, 3.63) is 65.4 Å². The van der Waals surface area contributed by atoms with Gasteiger partial charge in [-0.25, -0.2) is 9.98 Å². The number of guanidine groups is 1. The number of fused-ring (bicyclic) bond motifs is 4. The molecule has 3 aromatic rings. The minimum atomic E-state index is -1.40. The lowest BCUT2D eigenvalue weighted by atomic mass is 9.69. The molecule has 1 spiro atoms. The SMILES string of the molecule is CC1(C)CC(=O)C2=C(C1)NC(Nc1nc3ccccc3s1)=N[C@]21C(=O)Nc2ccccc21. The largest absolute Gasteiger partial charge is 0.329 e. The van der Waals surface area contributed by atoms with Crippen LogP contribution < -0.4 is 16.0 Å². The molecule has 1 atom stereocenters. The molecule has 0 saturated carbocycles. The summed E-state index contributed by atoms with van der Waals surface area (Å²) in [5.41, 5.74) is 1.87. The van der Waals surface area contributed by atoms with Gasteiger partial charge in [0.1, 0.15) is 0 Å². The molecule has 6 rings (SSSR count). The van der Waals surface area contributed by atoms with Crippen molar-refractivity contribution in [1.82, 2.24) is 10.3 Å². The Kier molecular flexibility index (Phi) is 3.89. The number of anilines is 2. The van der Waals surface area contributed by atoms with Gasteiger partial charge in [-0.3, -0.25) is 9.59 Å². The van der Waals surface area contributed by atoms with Gasteiger partial charge in [0.25, 0.3) is 5.91 Å². The fourth-order valence-electron chi connectivity index (χ4n) is 4.93. The van der Waals surface area contributed by atoms with Crippen molar-refractivity contribution in [2.45, 2.75) is 32.2 Å². The highest BCUT2D eigenvalue weighted by molar-refractivity contribution is 7.22. The Labute approximate surface area is 188 Å². The van der Waals surface area contributed by atoms with Crippen LogP contribution in [0.4, 0.5) is 10.8 Å². The summed E-state index contributed by atoms with van der Waals surface area (Å²) in [5, 5.41) is 10.2. The zero-order chi connectivity index (χ0) is 22.1. The summed E-state index contributed by atoms with van der Waals surface area (Å²) >= 11 is 1.51. The second-order valence-corrected chi connectivity index (χ2v) is 10.2. The minimum Gasteiger partial charge on any atom is -0.329 e. The van der Waals surface area contributed by atoms with E-state index in [0.717, 1.165) is 15.9 Å². The van der Waals surface area contributed by atoms with Gasteiger partial charge in [0.05, 0.1) is 15.8 Å². The summed E-state index contributed by atoms with van der Waals surface area (Å²) in [6.07, 6.45) is 1.02. The first kappa shape index (κ1) is 19.2. The van der Waals surface area contributed by atoms with Gasteiger partial charge in [-0.2, -0.15) is 0 Å². The molecule has 1 aromatic heterocycles. The van der Waals surface area contributed by atoms with Crippen LogP contribution in [-0.2, 0) is 15.1 Å². The summed E-state index contributed by atoms with van der Waals surface area (Å²) in [7, 11) is 0. The Bertz CT molecular complexity index is 1350. The number of Topliss-reactive ketones (excluding diaryl/α,β-unsaturated/α-hetero) is 1. The number of thiazole rings is 1. The zero-order valence-corrected chi connectivity index (χ0v) is 18.5. The average Bonchev–Trinajstić information content (AvgIpc) is 3.25. The van der Waals surface area contributed by atoms with Crippen LogP contribution in [0.25, 0.3) is 10.2 Å². The van der Waals surface area contributed by atoms with Crippen LogP contribution in [-0.4, -0.2) is 22.6 Å². The number of aliphatic imine (C=N–C) groups is 1. The lowest BCUT2D eigenvalue weighted by Crippen LogP contribution is -2.51. The van der Waals surface area contributed by atoms with Gasteiger partial charge in [-0.05, 0) is 30.0 Å². The molecule has 0 saturated heterocycles. The molecule has 2 aromatic carbocycles. The third-order valence-corrected chi connectivity index (χ3v) is 7.15. The van der Waals surface area contributed by atoms with Crippen LogP contribution in [0, 0.1) is 5.41 Å². The summed E-state index contributed by atoms with van der Waals surface area (Å²) in [5.74, 6) is 0.0721. The van der Waals surface area contributed by atoms with Crippen molar-refractivity contribution in [3.8, 4) is 0 Å². The van der Waals surface area contributed by atoms with E-state index in [4.69, 9.17) is 4.99 Å². The predicted molar refractivity (Wildman–Crippen MR) is 126 cm³/mol. The topological polar surface area (TPSA) is 95.5 Å². The zero-order valence-electron chi connectivity index (χ0n) is 17.7. The molecule has 2 aliphatic heterocycles. The molecule has 0 unspecified atom stereocenters. The van der Waals surface area contributed by atoms with Crippen molar-refractivity contribution < 1.29 is 9.59 Å². The third kappa shape index (κ3) is 2.72. The Morgan fingerprint density at radius 3 is 2.62 bits per heavy atom. The first-order valence-electron chi connectivity index (χ1n) is 10.5. The number of carbonyl (C=O) groups excluding carboxylic acids is 2. The molecule has 1 aliphatic carbocycles. The van der Waals surface area contributed by atoms with Crippen LogP contribution >= 0.6 is 11.3 Å². The van der Waals surface area contributed by atoms with E-state index < -0.39 is 5.54 Å². The number of para-hydroxylation sites is 2. The number of ketones is 1. The Hall–Kier alpha value is -3.52. The number of benzene rings is 2. The second kappa shape index (κ2) is 6.49. The molecule has 3 N–H and O–H groups in total. The van der Waals surface area contributed by atoms with Crippen LogP contribution in [0.1, 0.15) is 32.3 Å². The molecule has 7 nitrogen and oxygen atoms in total. The summed E-state index contributed by atoms with van der Waals surface area (Å²) in [6, 6.07) is 15.3. The maximum atomic E-state index is 13.4. The molecule has 0 fully saturated rings. The molecular weight excluding hydrogens is 422 g/mol. The highest BCUT2D eigenvalue weighted by atomic mass is 32.1. The number of aromatic nitrogens is 1. The molecule has 1 amide bonds. The van der Waals surface area contributed by atoms with E-state index in [1.54, 1.807) is 0 Å². The fourth-order valence-corrected chi connectivity index (χ4v) is 5.80. The standard InChI is InChI=1S/C24H21N5O2S/c1-23(2)11-16-19(17(30)12-23)24(13-7-3-4-8-14(13)25-20(24)31)29-21(26-16)28-22-27-15-9-5-6-10-18(15)32-22/h3-10H,11-12H2,1-2H3,(H,25,31)(H2,26,27,28,29)/t24-/m0/s1. The number of amides is 1. The van der Waals surface area contributed by atoms with Crippen LogP contribution in [0.15, 0.2) is 64.8 Å². The fraction of sp³-hybridized carbons (Fsp3) is 0.250. The first-order chi connectivity index (χ1) is 15.4. The van der Waals surface area contributed by atoms with E-state index in [1.807, 2.05) is 48.5 Å². The van der Waals surface area contributed by atoms with E-state index in [0.29, 0.717) is 40.8 Å². The Morgan fingerprint density at radius 1 is 1.00 bits per heavy atom. The number of hydrogen-bond donors (Lipinski definition) is 3. The lowest BCUT2D eigenvalue weighted by Gasteiger charge is -2.40. The van der Waals surface area contributed by atoms with Crippen molar-refractivity contribution in [2.24, 2.45) is 10.4 Å². The van der Waals surface area contributed by atoms with Gasteiger partial charge < -0.3 is 16.0 Å². The molecule has 0 bridgehead atoms. The maximum Gasteiger partial charge on any atom is 0.262 e. The summed E-state index contributed by atoms with van der Waals surface area (Å²) in [4.78, 5) is 36.3. The highest BCUT2D eigenvalue weighted by Gasteiger charge is 2.57. The van der Waals surface area contributed by atoms with E-state index in [1.165, 1.54) is 11.3 Å². The van der Waals surface area contributed by atoms with Crippen molar-refractivity contribution >= 4 is 50.0 Å². The number of hydrogen-bond acceptors (Lipinski definition) is 7. The van der Waals surface area contributed by atoms with Gasteiger partial charge in [-0.1, -0.05) is 55.5 Å². The molecule has 8 heteroatoms. The van der Waals surface area contributed by atoms with Crippen molar-refractivity contribution in [3.63, 3.8) is 0 Å². The van der Waals surface area contributed by atoms with Crippen molar-refractivity contribution in [1.29, 1.82) is 0 Å². The van der Waals surface area contributed by atoms with Gasteiger partial charge in [0, 0.05) is 23.4 Å². The average molecular weight is 444 g/mol. The summed E-state index contributed by atoms with van der Waals surface area (Å²) in [6.45, 7) is 4.14. The number of carbonyl (C=O) groups is 2.